The molecule has 0 aromatic carbocycles. The molecular formula is C64H64N4S6Zn. The molecule has 0 amide bonds. The average molecular weight is 1150 g/mol. The van der Waals surface area contributed by atoms with Crippen LogP contribution in [-0.4, -0.2) is 9.97 Å². The van der Waals surface area contributed by atoms with E-state index in [0.29, 0.717) is 0 Å². The molecule has 0 saturated heterocycles. The van der Waals surface area contributed by atoms with Crippen LogP contribution in [0, 0.1) is 13.8 Å². The molecule has 11 heterocycles. The van der Waals surface area contributed by atoms with Gasteiger partial charge in [-0.25, -0.2) is 9.97 Å². The van der Waals surface area contributed by atoms with Crippen LogP contribution in [0.5, 0.6) is 0 Å². The molecule has 0 spiro atoms. The number of allylic oxidation sites excluding steroid dienone is 4. The van der Waals surface area contributed by atoms with E-state index in [2.05, 4.69) is 150 Å². The van der Waals surface area contributed by atoms with Crippen LogP contribution in [0.1, 0.15) is 151 Å². The molecule has 0 N–H and O–H groups in total. The number of hydrogen-bond acceptors (Lipinski definition) is 8. The maximum absolute atomic E-state index is 5.94. The van der Waals surface area contributed by atoms with Crippen LogP contribution in [0.15, 0.2) is 94.3 Å². The van der Waals surface area contributed by atoms with Gasteiger partial charge in [0, 0.05) is 40.4 Å². The first-order chi connectivity index (χ1) is 36.2. The summed E-state index contributed by atoms with van der Waals surface area (Å²) in [5.41, 5.74) is 23.3. The van der Waals surface area contributed by atoms with E-state index in [1.54, 1.807) is 0 Å². The molecular weight excluding hydrogens is 1080 g/mol. The molecule has 4 nitrogen and oxygen atoms in total. The molecule has 0 atom stereocenters. The molecule has 2 aliphatic rings. The van der Waals surface area contributed by atoms with Gasteiger partial charge in [0.15, 0.2) is 0 Å². The topological polar surface area (TPSA) is 54.0 Å². The molecule has 8 bridgehead atoms. The van der Waals surface area contributed by atoms with Gasteiger partial charge < -0.3 is 9.97 Å². The van der Waals surface area contributed by atoms with Crippen LogP contribution < -0.4 is 9.97 Å². The second-order valence-electron chi connectivity index (χ2n) is 19.9. The van der Waals surface area contributed by atoms with E-state index in [-0.39, 0.29) is 19.5 Å². The number of aryl methyl sites for hydroxylation is 4. The fourth-order valence-electron chi connectivity index (χ4n) is 11.0. The van der Waals surface area contributed by atoms with Gasteiger partial charge in [-0.05, 0) is 170 Å². The smallest absolute Gasteiger partial charge is 0.657 e. The van der Waals surface area contributed by atoms with Crippen molar-refractivity contribution in [3.63, 3.8) is 0 Å². The Morgan fingerprint density at radius 3 is 1.15 bits per heavy atom. The van der Waals surface area contributed by atoms with E-state index < -0.39 is 0 Å². The predicted octanol–water partition coefficient (Wildman–Crippen LogP) is 21.5. The Hall–Kier alpha value is -4.58. The van der Waals surface area contributed by atoms with E-state index in [4.69, 9.17) is 19.9 Å². The summed E-state index contributed by atoms with van der Waals surface area (Å²) in [7, 11) is 0. The van der Waals surface area contributed by atoms with Crippen molar-refractivity contribution >= 4 is 112 Å². The van der Waals surface area contributed by atoms with Crippen molar-refractivity contribution < 1.29 is 19.5 Å². The van der Waals surface area contributed by atoms with Crippen molar-refractivity contribution in [3.8, 4) is 61.3 Å². The fraction of sp³-hybridized carbons (Fsp3) is 0.312. The monoisotopic (exact) mass is 1140 g/mol. The second-order valence-corrected chi connectivity index (χ2v) is 25.8. The summed E-state index contributed by atoms with van der Waals surface area (Å²) in [5, 5.41) is 8.81. The molecule has 0 unspecified atom stereocenters. The summed E-state index contributed by atoms with van der Waals surface area (Å²) in [6.45, 7) is 18.6. The Morgan fingerprint density at radius 2 is 0.800 bits per heavy atom. The van der Waals surface area contributed by atoms with Gasteiger partial charge in [0.25, 0.3) is 0 Å². The minimum Gasteiger partial charge on any atom is -0.657 e. The first-order valence-electron chi connectivity index (χ1n) is 26.7. The third-order valence-corrected chi connectivity index (χ3v) is 21.5. The van der Waals surface area contributed by atoms with Crippen molar-refractivity contribution in [1.29, 1.82) is 0 Å². The molecule has 0 saturated carbocycles. The summed E-state index contributed by atoms with van der Waals surface area (Å²) < 4.78 is 0. The summed E-state index contributed by atoms with van der Waals surface area (Å²) in [5.74, 6) is 0. The molecule has 75 heavy (non-hydrogen) atoms. The summed E-state index contributed by atoms with van der Waals surface area (Å²) in [4.78, 5) is 34.0. The Balaban J connectivity index is 0.00000641. The van der Waals surface area contributed by atoms with E-state index in [1.165, 1.54) is 94.7 Å². The number of aromatic nitrogens is 4. The number of hydrogen-bond donors (Lipinski definition) is 0. The zero-order chi connectivity index (χ0) is 51.0. The number of thiophene rings is 6. The first kappa shape index (κ1) is 53.8. The quantitative estimate of drug-likeness (QED) is 0.0804. The van der Waals surface area contributed by atoms with Gasteiger partial charge in [0.05, 0.1) is 32.5 Å². The number of unbranched alkanes of at least 4 members (excludes halogenated alkanes) is 4. The maximum Gasteiger partial charge on any atom is 2.00 e. The Bertz CT molecular complexity index is 3460. The van der Waals surface area contributed by atoms with Gasteiger partial charge in [-0.2, -0.15) is 0 Å². The Labute approximate surface area is 480 Å². The zero-order valence-corrected chi connectivity index (χ0v) is 52.5. The largest absolute Gasteiger partial charge is 2.00 e. The van der Waals surface area contributed by atoms with Crippen molar-refractivity contribution in [3.05, 3.63) is 139 Å². The zero-order valence-electron chi connectivity index (χ0n) is 44.7. The average Bonchev–Trinajstić information content (AvgIpc) is 4.25. The molecule has 0 fully saturated rings. The van der Waals surface area contributed by atoms with Gasteiger partial charge in [0.2, 0.25) is 0 Å². The molecule has 0 aliphatic carbocycles. The van der Waals surface area contributed by atoms with Crippen molar-refractivity contribution in [2.45, 2.75) is 132 Å². The van der Waals surface area contributed by atoms with Gasteiger partial charge >= 0.3 is 19.5 Å². The van der Waals surface area contributed by atoms with Gasteiger partial charge in [0.1, 0.15) is 0 Å². The van der Waals surface area contributed by atoms with Crippen LogP contribution in [0.4, 0.5) is 0 Å². The van der Waals surface area contributed by atoms with Crippen molar-refractivity contribution in [2.75, 3.05) is 0 Å². The second kappa shape index (κ2) is 23.6. The molecule has 9 aromatic rings. The van der Waals surface area contributed by atoms with Crippen LogP contribution >= 0.6 is 68.0 Å². The van der Waals surface area contributed by atoms with Crippen molar-refractivity contribution in [2.24, 2.45) is 0 Å². The molecule has 11 heteroatoms. The van der Waals surface area contributed by atoms with Gasteiger partial charge in [-0.3, -0.25) is 0 Å². The number of nitrogens with zero attached hydrogens (tertiary/aromatic N) is 4. The third-order valence-electron chi connectivity index (χ3n) is 15.0. The summed E-state index contributed by atoms with van der Waals surface area (Å²) >= 11 is 11.1. The van der Waals surface area contributed by atoms with Crippen LogP contribution in [0.25, 0.3) is 106 Å². The molecule has 378 valence electrons. The molecule has 2 aliphatic heterocycles. The first-order valence-corrected chi connectivity index (χ1v) is 31.9. The summed E-state index contributed by atoms with van der Waals surface area (Å²) in [6.07, 6.45) is 12.5. The van der Waals surface area contributed by atoms with Crippen LogP contribution in [-0.2, 0) is 32.3 Å². The maximum atomic E-state index is 5.94. The number of rotatable bonds is 18. The van der Waals surface area contributed by atoms with Crippen molar-refractivity contribution in [1.82, 2.24) is 19.9 Å². The van der Waals surface area contributed by atoms with Gasteiger partial charge in [-0.1, -0.05) is 112 Å². The molecule has 11 rings (SSSR count). The van der Waals surface area contributed by atoms with Crippen LogP contribution in [0.3, 0.4) is 0 Å². The van der Waals surface area contributed by atoms with E-state index >= 15 is 0 Å². The normalized spacial score (nSPS) is 12.7. The SMILES string of the molecule is CCCCC1=C(C)c2nc1cc1[n-]c(c(C)c1CCCC)c(-c1cc(-c3cccs3)sc1-c1cccs1)c1nc(cc3[n-]c(c(C)c3CCCC)c2-c2cc(-c3cccs3)sc2-c2cccs2)C(CCCC)=C1C.[Zn+2]. The third kappa shape index (κ3) is 10.3. The number of fused-ring (bicyclic) bond motifs is 8. The Kier molecular flexibility index (Phi) is 16.9. The molecule has 9 aromatic heterocycles. The van der Waals surface area contributed by atoms with Crippen LogP contribution in [0.2, 0.25) is 0 Å². The summed E-state index contributed by atoms with van der Waals surface area (Å²) in [6, 6.07) is 27.5. The van der Waals surface area contributed by atoms with Gasteiger partial charge in [-0.15, -0.1) is 90.1 Å². The Morgan fingerprint density at radius 1 is 0.440 bits per heavy atom. The van der Waals surface area contributed by atoms with E-state index in [9.17, 15) is 0 Å². The standard InChI is InChI=1S/C64H64N4S6.Zn/c1-9-13-21-41-37(5)59-57(45-33-55(51-25-17-29-69-51)73-63(45)53-27-19-31-71-53)60-39(7)43(23-15-11-3)49(67-60)36-50-44(24-16-12-4)40(8)62(68-50)58(61-38(6)42(22-14-10-2)48(66-61)35-47(41)65-59)46-34-56(52-26-18-30-70-52)74-64(46)54-28-20-32-72-54;/h17-20,25-36H,9-16,21-24H2,1-8H3;/q-2;+2. The minimum absolute atomic E-state index is 0. The molecule has 0 radical (unpaired) electrons. The fourth-order valence-corrected chi connectivity index (χ4v) is 16.7. The predicted molar refractivity (Wildman–Crippen MR) is 330 cm³/mol. The van der Waals surface area contributed by atoms with E-state index in [1.807, 2.05) is 68.0 Å². The van der Waals surface area contributed by atoms with E-state index in [0.717, 1.165) is 133 Å². The minimum atomic E-state index is 0.